The van der Waals surface area contributed by atoms with E-state index in [1.165, 1.54) is 25.1 Å². The molecular formula is C22H20F2N4O4S. The van der Waals surface area contributed by atoms with Crippen molar-refractivity contribution in [1.82, 2.24) is 4.98 Å². The Morgan fingerprint density at radius 3 is 2.33 bits per heavy atom. The van der Waals surface area contributed by atoms with Crippen LogP contribution in [0.15, 0.2) is 42.5 Å². The predicted octanol–water partition coefficient (Wildman–Crippen LogP) is 4.56. The van der Waals surface area contributed by atoms with Gasteiger partial charge in [-0.15, -0.1) is 0 Å². The lowest BCUT2D eigenvalue weighted by Gasteiger charge is -2.16. The second-order valence-corrected chi connectivity index (χ2v) is 9.02. The number of rotatable bonds is 7. The zero-order chi connectivity index (χ0) is 24.3. The molecule has 0 atom stereocenters. The highest BCUT2D eigenvalue weighted by molar-refractivity contribution is 7.92. The molecule has 1 N–H and O–H groups in total. The monoisotopic (exact) mass is 474 g/mol. The summed E-state index contributed by atoms with van der Waals surface area (Å²) in [7, 11) is -0.0666. The van der Waals surface area contributed by atoms with Crippen LogP contribution in [0, 0.1) is 29.9 Å². The summed E-state index contributed by atoms with van der Waals surface area (Å²) in [6, 6.07) is 12.5. The van der Waals surface area contributed by atoms with Crippen LogP contribution in [0.25, 0.3) is 0 Å². The normalized spacial score (nSPS) is 10.9. The summed E-state index contributed by atoms with van der Waals surface area (Å²) in [5.41, 5.74) is 0.446. The van der Waals surface area contributed by atoms with Gasteiger partial charge in [0.1, 0.15) is 5.75 Å². The van der Waals surface area contributed by atoms with Crippen molar-refractivity contribution in [2.24, 2.45) is 0 Å². The van der Waals surface area contributed by atoms with Crippen LogP contribution in [0.5, 0.6) is 23.3 Å². The van der Waals surface area contributed by atoms with Crippen molar-refractivity contribution in [3.63, 3.8) is 0 Å². The van der Waals surface area contributed by atoms with E-state index in [-0.39, 0.29) is 22.7 Å². The first-order valence-electron chi connectivity index (χ1n) is 9.49. The molecule has 0 bridgehead atoms. The fourth-order valence-corrected chi connectivity index (χ4v) is 3.31. The first kappa shape index (κ1) is 23.7. The standard InChI is InChI=1S/C22H20F2N4O4S/c1-13-19(23)21(31-16-7-5-6-15(11-16)28(2)3)26-22(20(13)24)32-18-10-14(12-25)8-9-17(18)27-33(4,29)30/h5-11,27H,1-4H3. The number of aromatic nitrogens is 1. The fourth-order valence-electron chi connectivity index (χ4n) is 2.74. The van der Waals surface area contributed by atoms with Crippen molar-refractivity contribution < 1.29 is 26.7 Å². The molecule has 8 nitrogen and oxygen atoms in total. The largest absolute Gasteiger partial charge is 0.436 e. The molecule has 1 aromatic heterocycles. The number of anilines is 2. The highest BCUT2D eigenvalue weighted by atomic mass is 32.2. The maximum atomic E-state index is 14.8. The average molecular weight is 474 g/mol. The topological polar surface area (TPSA) is 105 Å². The Morgan fingerprint density at radius 2 is 1.73 bits per heavy atom. The first-order valence-corrected chi connectivity index (χ1v) is 11.4. The Labute approximate surface area is 190 Å². The molecule has 3 aromatic rings. The van der Waals surface area contributed by atoms with E-state index < -0.39 is 39.0 Å². The number of halogens is 2. The number of hydrogen-bond donors (Lipinski definition) is 1. The van der Waals surface area contributed by atoms with Crippen molar-refractivity contribution in [2.75, 3.05) is 30.0 Å². The van der Waals surface area contributed by atoms with Crippen molar-refractivity contribution in [3.8, 4) is 29.3 Å². The van der Waals surface area contributed by atoms with Crippen LogP contribution in [0.3, 0.4) is 0 Å². The van der Waals surface area contributed by atoms with Gasteiger partial charge in [0, 0.05) is 37.5 Å². The summed E-state index contributed by atoms with van der Waals surface area (Å²) in [5.74, 6) is -3.24. The zero-order valence-electron chi connectivity index (χ0n) is 18.2. The van der Waals surface area contributed by atoms with Crippen molar-refractivity contribution in [1.29, 1.82) is 5.26 Å². The third kappa shape index (κ3) is 5.67. The number of nitrogens with one attached hydrogen (secondary N) is 1. The van der Waals surface area contributed by atoms with E-state index in [1.807, 2.05) is 31.1 Å². The summed E-state index contributed by atoms with van der Waals surface area (Å²) in [4.78, 5) is 5.64. The van der Waals surface area contributed by atoms with Crippen LogP contribution >= 0.6 is 0 Å². The number of nitriles is 1. The summed E-state index contributed by atoms with van der Waals surface area (Å²) in [6.45, 7) is 1.18. The third-order valence-corrected chi connectivity index (χ3v) is 4.99. The molecule has 0 aliphatic heterocycles. The molecule has 3 rings (SSSR count). The van der Waals surface area contributed by atoms with E-state index in [2.05, 4.69) is 9.71 Å². The molecular weight excluding hydrogens is 454 g/mol. The van der Waals surface area contributed by atoms with Gasteiger partial charge in [-0.25, -0.2) is 17.2 Å². The summed E-state index contributed by atoms with van der Waals surface area (Å²) < 4.78 is 66.1. The molecule has 33 heavy (non-hydrogen) atoms. The lowest BCUT2D eigenvalue weighted by atomic mass is 10.2. The third-order valence-electron chi connectivity index (χ3n) is 4.40. The van der Waals surface area contributed by atoms with E-state index in [1.54, 1.807) is 18.2 Å². The minimum Gasteiger partial charge on any atom is -0.436 e. The fraction of sp³-hybridized carbons (Fsp3) is 0.182. The van der Waals surface area contributed by atoms with Gasteiger partial charge < -0.3 is 14.4 Å². The summed E-state index contributed by atoms with van der Waals surface area (Å²) >= 11 is 0. The number of pyridine rings is 1. The van der Waals surface area contributed by atoms with E-state index in [4.69, 9.17) is 14.7 Å². The van der Waals surface area contributed by atoms with Crippen LogP contribution in [0.2, 0.25) is 0 Å². The van der Waals surface area contributed by atoms with Gasteiger partial charge in [0.25, 0.3) is 11.8 Å². The highest BCUT2D eigenvalue weighted by Crippen LogP contribution is 2.36. The van der Waals surface area contributed by atoms with Crippen molar-refractivity contribution in [2.45, 2.75) is 6.92 Å². The molecule has 0 radical (unpaired) electrons. The maximum Gasteiger partial charge on any atom is 0.259 e. The van der Waals surface area contributed by atoms with Gasteiger partial charge in [0.15, 0.2) is 17.4 Å². The predicted molar refractivity (Wildman–Crippen MR) is 119 cm³/mol. The average Bonchev–Trinajstić information content (AvgIpc) is 2.75. The van der Waals surface area contributed by atoms with Gasteiger partial charge >= 0.3 is 0 Å². The summed E-state index contributed by atoms with van der Waals surface area (Å²) in [5, 5.41) is 9.15. The van der Waals surface area contributed by atoms with Crippen molar-refractivity contribution in [3.05, 3.63) is 65.2 Å². The minimum atomic E-state index is -3.71. The molecule has 0 aliphatic carbocycles. The second-order valence-electron chi connectivity index (χ2n) is 7.27. The molecule has 2 aromatic carbocycles. The van der Waals surface area contributed by atoms with Crippen LogP contribution in [-0.4, -0.2) is 33.8 Å². The number of benzene rings is 2. The molecule has 1 heterocycles. The van der Waals surface area contributed by atoms with Gasteiger partial charge in [-0.05, 0) is 31.2 Å². The van der Waals surface area contributed by atoms with E-state index in [9.17, 15) is 17.2 Å². The molecule has 0 spiro atoms. The molecule has 0 saturated heterocycles. The van der Waals surface area contributed by atoms with Crippen LogP contribution in [0.4, 0.5) is 20.2 Å². The highest BCUT2D eigenvalue weighted by Gasteiger charge is 2.22. The number of hydrogen-bond acceptors (Lipinski definition) is 7. The molecule has 0 saturated carbocycles. The van der Waals surface area contributed by atoms with Gasteiger partial charge in [0.2, 0.25) is 10.0 Å². The Hall–Kier alpha value is -3.91. The molecule has 0 amide bonds. The Bertz CT molecular complexity index is 1360. The van der Waals surface area contributed by atoms with Crippen molar-refractivity contribution >= 4 is 21.4 Å². The van der Waals surface area contributed by atoms with E-state index in [0.717, 1.165) is 11.9 Å². The van der Waals surface area contributed by atoms with Crippen LogP contribution in [0.1, 0.15) is 11.1 Å². The van der Waals surface area contributed by atoms with Crippen LogP contribution in [-0.2, 0) is 10.0 Å². The minimum absolute atomic E-state index is 0.0548. The zero-order valence-corrected chi connectivity index (χ0v) is 19.0. The number of sulfonamides is 1. The Morgan fingerprint density at radius 1 is 1.06 bits per heavy atom. The van der Waals surface area contributed by atoms with Crippen LogP contribution < -0.4 is 19.1 Å². The molecule has 172 valence electrons. The lowest BCUT2D eigenvalue weighted by molar-refractivity contribution is 0.373. The Balaban J connectivity index is 2.04. The van der Waals surface area contributed by atoms with Gasteiger partial charge in [-0.2, -0.15) is 10.2 Å². The summed E-state index contributed by atoms with van der Waals surface area (Å²) in [6.07, 6.45) is 0.920. The first-order chi connectivity index (χ1) is 15.5. The molecule has 0 unspecified atom stereocenters. The maximum absolute atomic E-state index is 14.8. The van der Waals surface area contributed by atoms with Gasteiger partial charge in [-0.3, -0.25) is 4.72 Å². The smallest absolute Gasteiger partial charge is 0.259 e. The van der Waals surface area contributed by atoms with E-state index in [0.29, 0.717) is 0 Å². The number of nitrogens with zero attached hydrogens (tertiary/aromatic N) is 3. The van der Waals surface area contributed by atoms with E-state index >= 15 is 0 Å². The van der Waals surface area contributed by atoms with Gasteiger partial charge in [0.05, 0.1) is 23.6 Å². The molecule has 0 fully saturated rings. The number of ether oxygens (including phenoxy) is 2. The molecule has 11 heteroatoms. The lowest BCUT2D eigenvalue weighted by Crippen LogP contribution is -2.11. The molecule has 0 aliphatic rings. The second kappa shape index (κ2) is 9.30. The SMILES string of the molecule is Cc1c(F)c(Oc2cccc(N(C)C)c2)nc(Oc2cc(C#N)ccc2NS(C)(=O)=O)c1F. The quantitative estimate of drug-likeness (QED) is 0.535. The Kier molecular flexibility index (Phi) is 6.69. The van der Waals surface area contributed by atoms with Gasteiger partial charge in [-0.1, -0.05) is 6.07 Å².